The van der Waals surface area contributed by atoms with Crippen LogP contribution in [0.3, 0.4) is 0 Å². The Balaban J connectivity index is 1.68. The molecule has 3 amide bonds. The number of para-hydroxylation sites is 1. The Hall–Kier alpha value is -3.34. The summed E-state index contributed by atoms with van der Waals surface area (Å²) in [6, 6.07) is 17.6. The zero-order chi connectivity index (χ0) is 19.7. The Morgan fingerprint density at radius 1 is 1.04 bits per heavy atom. The molecular formula is C23H23N3O2. The van der Waals surface area contributed by atoms with Crippen molar-refractivity contribution in [2.45, 2.75) is 32.9 Å². The van der Waals surface area contributed by atoms with E-state index in [1.807, 2.05) is 48.5 Å². The summed E-state index contributed by atoms with van der Waals surface area (Å²) >= 11 is 0. The van der Waals surface area contributed by atoms with Crippen LogP contribution in [0, 0.1) is 0 Å². The molecule has 1 atom stereocenters. The Morgan fingerprint density at radius 3 is 2.50 bits per heavy atom. The molecule has 1 N–H and O–H groups in total. The number of benzene rings is 2. The van der Waals surface area contributed by atoms with Crippen LogP contribution in [0.2, 0.25) is 0 Å². The minimum atomic E-state index is -0.384. The first kappa shape index (κ1) is 18.0. The SMILES string of the molecule is CC[C@H](C)n1cc(/C=C2/NC(=O)N(Cc3ccccc3)C2=O)c2ccccc21. The Bertz CT molecular complexity index is 1070. The average Bonchev–Trinajstić information content (AvgIpc) is 3.21. The summed E-state index contributed by atoms with van der Waals surface area (Å²) in [5, 5.41) is 3.80. The highest BCUT2D eigenvalue weighted by Gasteiger charge is 2.33. The van der Waals surface area contributed by atoms with E-state index in [0.29, 0.717) is 11.7 Å². The first-order valence-corrected chi connectivity index (χ1v) is 9.56. The molecule has 0 bridgehead atoms. The molecule has 4 rings (SSSR count). The number of nitrogens with one attached hydrogen (secondary N) is 1. The number of urea groups is 1. The van der Waals surface area contributed by atoms with E-state index >= 15 is 0 Å². The molecule has 1 aliphatic rings. The minimum absolute atomic E-state index is 0.261. The van der Waals surface area contributed by atoms with Crippen molar-refractivity contribution in [1.82, 2.24) is 14.8 Å². The van der Waals surface area contributed by atoms with Crippen molar-refractivity contribution < 1.29 is 9.59 Å². The molecule has 0 saturated carbocycles. The Morgan fingerprint density at radius 2 is 1.75 bits per heavy atom. The number of amides is 3. The molecule has 2 aromatic carbocycles. The molecule has 1 aromatic heterocycles. The quantitative estimate of drug-likeness (QED) is 0.520. The van der Waals surface area contributed by atoms with Crippen LogP contribution < -0.4 is 5.32 Å². The van der Waals surface area contributed by atoms with Crippen molar-refractivity contribution in [3.8, 4) is 0 Å². The van der Waals surface area contributed by atoms with Gasteiger partial charge in [0, 0.05) is 28.7 Å². The molecule has 28 heavy (non-hydrogen) atoms. The lowest BCUT2D eigenvalue weighted by molar-refractivity contribution is -0.123. The van der Waals surface area contributed by atoms with Crippen molar-refractivity contribution in [2.24, 2.45) is 0 Å². The molecule has 5 nitrogen and oxygen atoms in total. The fraction of sp³-hybridized carbons (Fsp3) is 0.217. The van der Waals surface area contributed by atoms with Gasteiger partial charge in [0.1, 0.15) is 5.70 Å². The van der Waals surface area contributed by atoms with Crippen LogP contribution in [0.5, 0.6) is 0 Å². The van der Waals surface area contributed by atoms with Crippen molar-refractivity contribution in [1.29, 1.82) is 0 Å². The topological polar surface area (TPSA) is 54.3 Å². The Kier molecular flexibility index (Phi) is 4.74. The summed E-state index contributed by atoms with van der Waals surface area (Å²) in [6.45, 7) is 4.59. The van der Waals surface area contributed by atoms with Crippen LogP contribution in [-0.2, 0) is 11.3 Å². The Labute approximate surface area is 164 Å². The number of hydrogen-bond acceptors (Lipinski definition) is 2. The van der Waals surface area contributed by atoms with Gasteiger partial charge in [0.05, 0.1) is 6.54 Å². The van der Waals surface area contributed by atoms with Crippen LogP contribution in [-0.4, -0.2) is 21.4 Å². The predicted octanol–water partition coefficient (Wildman–Crippen LogP) is 4.71. The number of rotatable bonds is 5. The van der Waals surface area contributed by atoms with Crippen molar-refractivity contribution in [3.63, 3.8) is 0 Å². The maximum atomic E-state index is 12.8. The average molecular weight is 373 g/mol. The van der Waals surface area contributed by atoms with E-state index in [1.165, 1.54) is 4.90 Å². The van der Waals surface area contributed by atoms with Crippen molar-refractivity contribution in [2.75, 3.05) is 0 Å². The second kappa shape index (κ2) is 7.35. The number of carbonyl (C=O) groups excluding carboxylic acids is 2. The van der Waals surface area contributed by atoms with E-state index in [1.54, 1.807) is 6.08 Å². The fourth-order valence-corrected chi connectivity index (χ4v) is 3.54. The van der Waals surface area contributed by atoms with Gasteiger partial charge in [0.15, 0.2) is 0 Å². The fourth-order valence-electron chi connectivity index (χ4n) is 3.54. The van der Waals surface area contributed by atoms with Crippen molar-refractivity contribution in [3.05, 3.63) is 77.6 Å². The van der Waals surface area contributed by atoms with Gasteiger partial charge in [-0.15, -0.1) is 0 Å². The number of carbonyl (C=O) groups is 2. The summed E-state index contributed by atoms with van der Waals surface area (Å²) in [6.07, 6.45) is 4.85. The van der Waals surface area contributed by atoms with Crippen LogP contribution in [0.25, 0.3) is 17.0 Å². The van der Waals surface area contributed by atoms with Gasteiger partial charge in [-0.05, 0) is 31.1 Å². The highest BCUT2D eigenvalue weighted by molar-refractivity contribution is 6.14. The maximum absolute atomic E-state index is 12.8. The number of nitrogens with zero attached hydrogens (tertiary/aromatic N) is 2. The summed E-state index contributed by atoms with van der Waals surface area (Å²) in [7, 11) is 0. The van der Waals surface area contributed by atoms with Gasteiger partial charge in [-0.25, -0.2) is 4.79 Å². The van der Waals surface area contributed by atoms with Gasteiger partial charge in [-0.3, -0.25) is 9.69 Å². The molecule has 142 valence electrons. The predicted molar refractivity (Wildman–Crippen MR) is 110 cm³/mol. The summed E-state index contributed by atoms with van der Waals surface area (Å²) in [4.78, 5) is 26.4. The number of imide groups is 1. The van der Waals surface area contributed by atoms with Gasteiger partial charge in [0.25, 0.3) is 5.91 Å². The van der Waals surface area contributed by atoms with E-state index in [4.69, 9.17) is 0 Å². The molecule has 0 radical (unpaired) electrons. The normalized spacial score (nSPS) is 16.8. The molecule has 1 fully saturated rings. The van der Waals surface area contributed by atoms with Crippen LogP contribution in [0.15, 0.2) is 66.5 Å². The van der Waals surface area contributed by atoms with Gasteiger partial charge in [-0.1, -0.05) is 55.5 Å². The number of fused-ring (bicyclic) bond motifs is 1. The highest BCUT2D eigenvalue weighted by atomic mass is 16.2. The van der Waals surface area contributed by atoms with E-state index in [-0.39, 0.29) is 18.5 Å². The molecule has 0 aliphatic carbocycles. The van der Waals surface area contributed by atoms with Crippen LogP contribution >= 0.6 is 0 Å². The zero-order valence-corrected chi connectivity index (χ0v) is 16.1. The summed E-state index contributed by atoms with van der Waals surface area (Å²) < 4.78 is 2.23. The molecule has 1 aliphatic heterocycles. The first-order chi connectivity index (χ1) is 13.6. The molecule has 0 spiro atoms. The molecular weight excluding hydrogens is 350 g/mol. The lowest BCUT2D eigenvalue weighted by Gasteiger charge is -2.12. The number of aromatic nitrogens is 1. The van der Waals surface area contributed by atoms with Gasteiger partial charge in [-0.2, -0.15) is 0 Å². The third-order valence-corrected chi connectivity index (χ3v) is 5.28. The molecule has 0 unspecified atom stereocenters. The van der Waals surface area contributed by atoms with Crippen LogP contribution in [0.4, 0.5) is 4.79 Å². The monoisotopic (exact) mass is 373 g/mol. The van der Waals surface area contributed by atoms with Gasteiger partial charge in [0.2, 0.25) is 0 Å². The standard InChI is InChI=1S/C23H23N3O2/c1-3-16(2)25-15-18(19-11-7-8-12-21(19)25)13-20-22(27)26(23(28)24-20)14-17-9-5-4-6-10-17/h4-13,15-16H,3,14H2,1-2H3,(H,24,28)/b20-13+/t16-/m0/s1. The molecule has 5 heteroatoms. The molecule has 2 heterocycles. The lowest BCUT2D eigenvalue weighted by atomic mass is 10.1. The van der Waals surface area contributed by atoms with E-state index in [2.05, 4.69) is 36.0 Å². The summed E-state index contributed by atoms with van der Waals surface area (Å²) in [5.41, 5.74) is 3.29. The second-order valence-electron chi connectivity index (χ2n) is 7.13. The minimum Gasteiger partial charge on any atom is -0.344 e. The first-order valence-electron chi connectivity index (χ1n) is 9.56. The number of hydrogen-bond donors (Lipinski definition) is 1. The smallest absolute Gasteiger partial charge is 0.329 e. The van der Waals surface area contributed by atoms with E-state index in [0.717, 1.165) is 28.5 Å². The second-order valence-corrected chi connectivity index (χ2v) is 7.13. The van der Waals surface area contributed by atoms with Gasteiger partial charge < -0.3 is 9.88 Å². The highest BCUT2D eigenvalue weighted by Crippen LogP contribution is 2.28. The van der Waals surface area contributed by atoms with Gasteiger partial charge >= 0.3 is 6.03 Å². The molecule has 1 saturated heterocycles. The summed E-state index contributed by atoms with van der Waals surface area (Å²) in [5.74, 6) is -0.297. The van der Waals surface area contributed by atoms with Crippen molar-refractivity contribution >= 4 is 28.9 Å². The zero-order valence-electron chi connectivity index (χ0n) is 16.1. The lowest BCUT2D eigenvalue weighted by Crippen LogP contribution is -2.30. The van der Waals surface area contributed by atoms with Crippen LogP contribution in [0.1, 0.15) is 37.4 Å². The largest absolute Gasteiger partial charge is 0.344 e. The third kappa shape index (κ3) is 3.20. The third-order valence-electron chi connectivity index (χ3n) is 5.28. The van der Waals surface area contributed by atoms with E-state index in [9.17, 15) is 9.59 Å². The van der Waals surface area contributed by atoms with E-state index < -0.39 is 0 Å². The maximum Gasteiger partial charge on any atom is 0.329 e. The molecule has 3 aromatic rings.